The summed E-state index contributed by atoms with van der Waals surface area (Å²) in [5.41, 5.74) is -2.15. The lowest BCUT2D eigenvalue weighted by molar-refractivity contribution is -0.251. The van der Waals surface area contributed by atoms with Crippen molar-refractivity contribution in [3.63, 3.8) is 0 Å². The van der Waals surface area contributed by atoms with Gasteiger partial charge in [0, 0.05) is 28.7 Å². The molecule has 2 saturated carbocycles. The summed E-state index contributed by atoms with van der Waals surface area (Å²) in [5, 5.41) is 0. The highest BCUT2D eigenvalue weighted by Gasteiger charge is 2.88. The Morgan fingerprint density at radius 2 is 1.83 bits per heavy atom. The molecule has 7 heteroatoms. The first-order chi connectivity index (χ1) is 16.3. The third-order valence-electron chi connectivity index (χ3n) is 10.8. The van der Waals surface area contributed by atoms with Gasteiger partial charge in [0.05, 0.1) is 12.5 Å². The number of allylic oxidation sites excluding steroid dienone is 2. The number of carbonyl (C=O) groups excluding carboxylic acids is 3. The molecule has 2 aliphatic heterocycles. The van der Waals surface area contributed by atoms with Gasteiger partial charge in [0.25, 0.3) is 0 Å². The average Bonchev–Trinajstić information content (AvgIpc) is 3.35. The molecule has 188 valence electrons. The molecular weight excluding hydrogens is 448 g/mol. The molecule has 1 aromatic rings. The molecule has 0 bridgehead atoms. The van der Waals surface area contributed by atoms with E-state index >= 15 is 0 Å². The molecule has 0 N–H and O–H groups in total. The van der Waals surface area contributed by atoms with Gasteiger partial charge in [0.1, 0.15) is 17.8 Å². The van der Waals surface area contributed by atoms with Gasteiger partial charge in [-0.2, -0.15) is 0 Å². The fourth-order valence-corrected chi connectivity index (χ4v) is 9.20. The first-order valence-corrected chi connectivity index (χ1v) is 12.7. The van der Waals surface area contributed by atoms with Crippen LogP contribution in [-0.4, -0.2) is 35.5 Å². The molecule has 1 spiro atoms. The maximum atomic E-state index is 13.2. The standard InChI is InChI=1S/C28H34O7/c1-15(29)33-20-13-18-24(2,3)19(30)8-10-25(18,4)17-7-11-26(5)21(16-9-12-32-14-16)34-23(31)22-28(26,35-22)27(17,20)6/h8-10,12,14,17-18,20-22H,7,11,13H2,1-6H3/t17-,18+,20-,21+,22-,25-,26+,27+,28-/m1/s1. The minimum absolute atomic E-state index is 0.00639. The zero-order valence-corrected chi connectivity index (χ0v) is 21.3. The largest absolute Gasteiger partial charge is 0.472 e. The molecule has 5 aliphatic rings. The first kappa shape index (κ1) is 23.0. The third kappa shape index (κ3) is 2.48. The number of hydrogen-bond acceptors (Lipinski definition) is 7. The van der Waals surface area contributed by atoms with Crippen molar-refractivity contribution in [3.8, 4) is 0 Å². The van der Waals surface area contributed by atoms with E-state index in [1.165, 1.54) is 6.92 Å². The molecule has 6 rings (SSSR count). The molecule has 35 heavy (non-hydrogen) atoms. The Labute approximate surface area is 205 Å². The minimum Gasteiger partial charge on any atom is -0.472 e. The number of esters is 2. The Bertz CT molecular complexity index is 1150. The van der Waals surface area contributed by atoms with Crippen molar-refractivity contribution in [1.82, 2.24) is 0 Å². The molecule has 0 amide bonds. The van der Waals surface area contributed by atoms with Crippen LogP contribution in [0.2, 0.25) is 0 Å². The lowest BCUT2D eigenvalue weighted by Crippen LogP contribution is -2.72. The second-order valence-corrected chi connectivity index (χ2v) is 12.6. The van der Waals surface area contributed by atoms with Crippen LogP contribution >= 0.6 is 0 Å². The second kappa shape index (κ2) is 6.67. The summed E-state index contributed by atoms with van der Waals surface area (Å²) in [5.74, 6) is -0.603. The lowest BCUT2D eigenvalue weighted by atomic mass is 9.35. The van der Waals surface area contributed by atoms with Gasteiger partial charge in [0.15, 0.2) is 11.9 Å². The zero-order valence-electron chi connectivity index (χ0n) is 21.3. The fourth-order valence-electron chi connectivity index (χ4n) is 9.20. The van der Waals surface area contributed by atoms with E-state index in [2.05, 4.69) is 26.8 Å². The molecule has 2 saturated heterocycles. The first-order valence-electron chi connectivity index (χ1n) is 12.7. The Kier molecular flexibility index (Phi) is 4.38. The fraction of sp³-hybridized carbons (Fsp3) is 0.679. The maximum Gasteiger partial charge on any atom is 0.339 e. The highest BCUT2D eigenvalue weighted by molar-refractivity contribution is 5.95. The predicted molar refractivity (Wildman–Crippen MR) is 124 cm³/mol. The number of fused-ring (bicyclic) bond motifs is 3. The number of hydrogen-bond donors (Lipinski definition) is 0. The van der Waals surface area contributed by atoms with Crippen LogP contribution < -0.4 is 0 Å². The summed E-state index contributed by atoms with van der Waals surface area (Å²) in [7, 11) is 0. The number of ketones is 1. The van der Waals surface area contributed by atoms with Crippen LogP contribution in [0.5, 0.6) is 0 Å². The molecular formula is C28H34O7. The Morgan fingerprint density at radius 3 is 2.49 bits per heavy atom. The van der Waals surface area contributed by atoms with Gasteiger partial charge in [-0.1, -0.05) is 40.7 Å². The summed E-state index contributed by atoms with van der Waals surface area (Å²) >= 11 is 0. The molecule has 9 atom stereocenters. The van der Waals surface area contributed by atoms with E-state index in [9.17, 15) is 14.4 Å². The molecule has 3 aliphatic carbocycles. The zero-order chi connectivity index (χ0) is 25.2. The van der Waals surface area contributed by atoms with Crippen molar-refractivity contribution in [2.24, 2.45) is 33.5 Å². The van der Waals surface area contributed by atoms with Gasteiger partial charge < -0.3 is 18.6 Å². The van der Waals surface area contributed by atoms with Crippen molar-refractivity contribution in [2.75, 3.05) is 0 Å². The maximum absolute atomic E-state index is 13.2. The minimum atomic E-state index is -0.853. The normalized spacial score (nSPS) is 49.1. The molecule has 7 nitrogen and oxygen atoms in total. The van der Waals surface area contributed by atoms with E-state index in [-0.39, 0.29) is 35.0 Å². The summed E-state index contributed by atoms with van der Waals surface area (Å²) < 4.78 is 24.0. The molecule has 1 aromatic heterocycles. The third-order valence-corrected chi connectivity index (χ3v) is 10.8. The highest BCUT2D eigenvalue weighted by Crippen LogP contribution is 2.79. The number of rotatable bonds is 2. The van der Waals surface area contributed by atoms with Crippen molar-refractivity contribution in [2.45, 2.75) is 84.7 Å². The van der Waals surface area contributed by atoms with E-state index in [0.717, 1.165) is 18.4 Å². The van der Waals surface area contributed by atoms with Gasteiger partial charge in [0.2, 0.25) is 0 Å². The van der Waals surface area contributed by atoms with Gasteiger partial charge >= 0.3 is 11.9 Å². The van der Waals surface area contributed by atoms with Gasteiger partial charge in [-0.3, -0.25) is 9.59 Å². The quantitative estimate of drug-likeness (QED) is 0.450. The molecule has 3 heterocycles. The number of epoxide rings is 1. The Balaban J connectivity index is 1.55. The topological polar surface area (TPSA) is 95.3 Å². The van der Waals surface area contributed by atoms with Gasteiger partial charge in [-0.05, 0) is 48.7 Å². The summed E-state index contributed by atoms with van der Waals surface area (Å²) in [4.78, 5) is 38.6. The van der Waals surface area contributed by atoms with Crippen molar-refractivity contribution in [3.05, 3.63) is 36.3 Å². The van der Waals surface area contributed by atoms with Gasteiger partial charge in [-0.15, -0.1) is 0 Å². The smallest absolute Gasteiger partial charge is 0.339 e. The van der Waals surface area contributed by atoms with Crippen molar-refractivity contribution < 1.29 is 33.0 Å². The number of cyclic esters (lactones) is 1. The van der Waals surface area contributed by atoms with Crippen LogP contribution in [0, 0.1) is 33.5 Å². The van der Waals surface area contributed by atoms with Crippen LogP contribution in [0.25, 0.3) is 0 Å². The van der Waals surface area contributed by atoms with Crippen LogP contribution in [0.1, 0.15) is 72.5 Å². The molecule has 4 fully saturated rings. The number of carbonyl (C=O) groups is 3. The predicted octanol–water partition coefficient (Wildman–Crippen LogP) is 4.56. The van der Waals surface area contributed by atoms with Crippen LogP contribution in [0.3, 0.4) is 0 Å². The Morgan fingerprint density at radius 1 is 1.09 bits per heavy atom. The molecule has 0 radical (unpaired) electrons. The average molecular weight is 483 g/mol. The summed E-state index contributed by atoms with van der Waals surface area (Å²) in [6.45, 7) is 12.0. The van der Waals surface area contributed by atoms with Gasteiger partial charge in [-0.25, -0.2) is 4.79 Å². The van der Waals surface area contributed by atoms with Crippen molar-refractivity contribution in [1.29, 1.82) is 0 Å². The van der Waals surface area contributed by atoms with Crippen LogP contribution in [-0.2, 0) is 28.6 Å². The highest BCUT2D eigenvalue weighted by atomic mass is 16.7. The number of furan rings is 1. The molecule has 0 aromatic carbocycles. The van der Waals surface area contributed by atoms with E-state index < -0.39 is 40.2 Å². The summed E-state index contributed by atoms with van der Waals surface area (Å²) in [6.07, 6.45) is 7.46. The number of ether oxygens (including phenoxy) is 3. The lowest BCUT2D eigenvalue weighted by Gasteiger charge is -2.68. The van der Waals surface area contributed by atoms with E-state index in [0.29, 0.717) is 6.42 Å². The Hall–Kier alpha value is -2.41. The van der Waals surface area contributed by atoms with Crippen LogP contribution in [0.4, 0.5) is 0 Å². The van der Waals surface area contributed by atoms with E-state index in [1.807, 2.05) is 19.9 Å². The molecule has 0 unspecified atom stereocenters. The van der Waals surface area contributed by atoms with Crippen molar-refractivity contribution >= 4 is 17.7 Å². The van der Waals surface area contributed by atoms with E-state index in [1.54, 1.807) is 18.6 Å². The second-order valence-electron chi connectivity index (χ2n) is 12.6. The van der Waals surface area contributed by atoms with Crippen LogP contribution in [0.15, 0.2) is 35.2 Å². The SMILES string of the molecule is CC(=O)O[C@@H]1C[C@H]2C(C)(C)C(=O)C=C[C@]2(C)[C@H]2CC[C@@]3(C)[C@H](c4ccoc4)OC(=O)[C@H]4O[C@]43[C@@]21C. The monoisotopic (exact) mass is 482 g/mol. The van der Waals surface area contributed by atoms with E-state index in [4.69, 9.17) is 18.6 Å². The summed E-state index contributed by atoms with van der Waals surface area (Å²) in [6, 6.07) is 1.84.